The van der Waals surface area contributed by atoms with E-state index in [0.29, 0.717) is 12.1 Å². The summed E-state index contributed by atoms with van der Waals surface area (Å²) < 4.78 is 9.34. The molecule has 5 heteroatoms. The summed E-state index contributed by atoms with van der Waals surface area (Å²) in [7, 11) is 0. The third-order valence-electron chi connectivity index (χ3n) is 3.61. The van der Waals surface area contributed by atoms with E-state index in [1.54, 1.807) is 0 Å². The van der Waals surface area contributed by atoms with E-state index >= 15 is 0 Å². The molecule has 4 nitrogen and oxygen atoms in total. The largest absolute Gasteiger partial charge is 0.676 e. The first-order valence-corrected chi connectivity index (χ1v) is 11.2. The van der Waals surface area contributed by atoms with Crippen molar-refractivity contribution in [2.24, 2.45) is 6.99 Å². The quantitative estimate of drug-likeness (QED) is 0.264. The molecule has 0 amide bonds. The minimum Gasteiger partial charge on any atom is -0.676 e. The Morgan fingerprint density at radius 2 is 1.08 bits per heavy atom. The van der Waals surface area contributed by atoms with Crippen LogP contribution >= 0.6 is 0 Å². The van der Waals surface area contributed by atoms with Crippen LogP contribution in [0.1, 0.15) is 95.4 Å². The van der Waals surface area contributed by atoms with Gasteiger partial charge in [-0.25, -0.2) is 6.17 Å². The summed E-state index contributed by atoms with van der Waals surface area (Å²) in [5.41, 5.74) is 0.297. The van der Waals surface area contributed by atoms with Crippen LogP contribution in [0.3, 0.4) is 0 Å². The second-order valence-electron chi connectivity index (χ2n) is 7.97. The Hall–Kier alpha value is 0.208. The van der Waals surface area contributed by atoms with E-state index in [0.717, 1.165) is 19.3 Å². The van der Waals surface area contributed by atoms with E-state index in [1.807, 2.05) is 0 Å². The van der Waals surface area contributed by atoms with Gasteiger partial charge in [-0.3, -0.25) is 0 Å². The van der Waals surface area contributed by atoms with Crippen LogP contribution in [0.25, 0.3) is 10.6 Å². The van der Waals surface area contributed by atoms with E-state index < -0.39 is 18.2 Å². The zero-order valence-electron chi connectivity index (χ0n) is 19.1. The maximum atomic E-state index is 4.67. The summed E-state index contributed by atoms with van der Waals surface area (Å²) in [6.07, 6.45) is 3.46. The van der Waals surface area contributed by atoms with Gasteiger partial charge in [-0.1, -0.05) is 41.0 Å². The third-order valence-corrected chi connectivity index (χ3v) is 6.44. The molecule has 0 aliphatic heterocycles. The Labute approximate surface area is 168 Å². The molecule has 0 unspecified atom stereocenters. The van der Waals surface area contributed by atoms with E-state index in [-0.39, 0.29) is 24.7 Å². The van der Waals surface area contributed by atoms with Crippen LogP contribution in [-0.2, 0) is 18.2 Å². The molecule has 0 fully saturated rings. The number of hydrogen-bond donors (Lipinski definition) is 0. The summed E-state index contributed by atoms with van der Waals surface area (Å²) in [4.78, 5) is 0. The average molecular weight is 438 g/mol. The molecule has 0 aliphatic rings. The second-order valence-corrected chi connectivity index (χ2v) is 9.27. The standard InChI is InChI=1S/C9H20N2.2C5H11N.CH3.Mo/c1-6-9(10-7(2)3)11-8(4)5;2*1-4-5(2,3)6;;/h7-9H,6H2,1-5H3;2*4H2,1-3H3;1H3;/q-2;;;-1;. The predicted molar refractivity (Wildman–Crippen MR) is 111 cm³/mol. The van der Waals surface area contributed by atoms with Crippen LogP contribution in [0, 0.1) is 7.43 Å². The SMILES string of the molecule is CCC(C)(C)[N]=[Mo]=[N]C(C)(C)CC.CCC([N-]C(C)C)[N-]C(C)C.[CH3-]. The van der Waals surface area contributed by atoms with Gasteiger partial charge in [0.2, 0.25) is 0 Å². The van der Waals surface area contributed by atoms with E-state index in [4.69, 9.17) is 0 Å². The van der Waals surface area contributed by atoms with Crippen molar-refractivity contribution in [1.29, 1.82) is 0 Å². The van der Waals surface area contributed by atoms with Crippen molar-refractivity contribution < 1.29 is 18.2 Å². The molecule has 0 radical (unpaired) electrons. The fourth-order valence-corrected chi connectivity index (χ4v) is 3.13. The minimum absolute atomic E-state index is 0. The van der Waals surface area contributed by atoms with Gasteiger partial charge in [0.25, 0.3) is 0 Å². The molecule has 0 aromatic carbocycles. The predicted octanol–water partition coefficient (Wildman–Crippen LogP) is 7.55. The van der Waals surface area contributed by atoms with Gasteiger partial charge in [-0.05, 0) is 0 Å². The van der Waals surface area contributed by atoms with Gasteiger partial charge in [0, 0.05) is 0 Å². The van der Waals surface area contributed by atoms with Crippen LogP contribution < -0.4 is 0 Å². The van der Waals surface area contributed by atoms with Crippen LogP contribution in [0.15, 0.2) is 6.99 Å². The Bertz CT molecular complexity index is 340. The van der Waals surface area contributed by atoms with E-state index in [2.05, 4.69) is 93.8 Å². The molecule has 0 aromatic rings. The Morgan fingerprint density at radius 1 is 0.760 bits per heavy atom. The summed E-state index contributed by atoms with van der Waals surface area (Å²) in [6.45, 7) is 23.6. The molecular weight excluding hydrogens is 392 g/mol. The fourth-order valence-electron chi connectivity index (χ4n) is 1.31. The number of hydrogen-bond acceptors (Lipinski definition) is 2. The van der Waals surface area contributed by atoms with Crippen LogP contribution in [0.2, 0.25) is 0 Å². The molecule has 0 spiro atoms. The topological polar surface area (TPSA) is 52.9 Å². The van der Waals surface area contributed by atoms with Crippen molar-refractivity contribution >= 4 is 0 Å². The normalized spacial score (nSPS) is 11.8. The molecule has 0 N–H and O–H groups in total. The first-order chi connectivity index (χ1) is 10.9. The number of rotatable bonds is 9. The summed E-state index contributed by atoms with van der Waals surface area (Å²) in [5, 5.41) is 8.94. The zero-order chi connectivity index (χ0) is 19.4. The molecule has 0 saturated carbocycles. The van der Waals surface area contributed by atoms with Crippen molar-refractivity contribution in [1.82, 2.24) is 0 Å². The van der Waals surface area contributed by atoms with Gasteiger partial charge in [0.15, 0.2) is 0 Å². The van der Waals surface area contributed by atoms with Crippen molar-refractivity contribution in [3.63, 3.8) is 0 Å². The van der Waals surface area contributed by atoms with Crippen LogP contribution in [0.4, 0.5) is 0 Å². The molecule has 154 valence electrons. The second kappa shape index (κ2) is 15.3. The van der Waals surface area contributed by atoms with Crippen LogP contribution in [-0.4, -0.2) is 29.3 Å². The Morgan fingerprint density at radius 3 is 1.28 bits per heavy atom. The Kier molecular flexibility index (Phi) is 18.3. The first kappa shape index (κ1) is 30.0. The summed E-state index contributed by atoms with van der Waals surface area (Å²) in [5.74, 6) is 0. The van der Waals surface area contributed by atoms with Gasteiger partial charge >= 0.3 is 90.7 Å². The van der Waals surface area contributed by atoms with Gasteiger partial charge in [-0.2, -0.15) is 0 Å². The van der Waals surface area contributed by atoms with Gasteiger partial charge in [0.05, 0.1) is 0 Å². The van der Waals surface area contributed by atoms with Crippen LogP contribution in [0.5, 0.6) is 0 Å². The molecule has 0 aromatic heterocycles. The Balaban J connectivity index is -0.000000377. The van der Waals surface area contributed by atoms with E-state index in [9.17, 15) is 0 Å². The molecule has 0 heterocycles. The maximum absolute atomic E-state index is 4.67. The average Bonchev–Trinajstić information content (AvgIpc) is 2.46. The van der Waals surface area contributed by atoms with Gasteiger partial charge < -0.3 is 18.1 Å². The molecule has 0 bridgehead atoms. The fraction of sp³-hybridized carbons (Fsp3) is 0.950. The molecule has 0 rings (SSSR count). The minimum atomic E-state index is -0.492. The van der Waals surface area contributed by atoms with Crippen molar-refractivity contribution in [3.8, 4) is 0 Å². The summed E-state index contributed by atoms with van der Waals surface area (Å²) in [6, 6.07) is 0.810. The van der Waals surface area contributed by atoms with Gasteiger partial charge in [-0.15, -0.1) is 12.1 Å². The van der Waals surface area contributed by atoms with Gasteiger partial charge in [0.1, 0.15) is 0 Å². The summed E-state index contributed by atoms with van der Waals surface area (Å²) >= 11 is -0.492. The molecule has 0 atom stereocenters. The zero-order valence-corrected chi connectivity index (χ0v) is 21.1. The first-order valence-electron chi connectivity index (χ1n) is 9.39. The molecule has 25 heavy (non-hydrogen) atoms. The number of nitrogens with zero attached hydrogens (tertiary/aromatic N) is 4. The monoisotopic (exact) mass is 439 g/mol. The maximum Gasteiger partial charge on any atom is -0.0684 e. The van der Waals surface area contributed by atoms with Crippen molar-refractivity contribution in [2.75, 3.05) is 0 Å². The van der Waals surface area contributed by atoms with Crippen molar-refractivity contribution in [3.05, 3.63) is 18.1 Å². The molecule has 0 saturated heterocycles. The van der Waals surface area contributed by atoms with Crippen molar-refractivity contribution in [2.45, 2.75) is 125 Å². The smallest absolute Gasteiger partial charge is 0.0684 e. The molecule has 0 aliphatic carbocycles. The third kappa shape index (κ3) is 20.4. The van der Waals surface area contributed by atoms with E-state index in [1.165, 1.54) is 0 Å². The molecular formula is C20H45MoN4-3.